The maximum atomic E-state index is 11.1. The molecule has 0 bridgehead atoms. The number of benzene rings is 1. The van der Waals surface area contributed by atoms with Gasteiger partial charge in [0.25, 0.3) is 0 Å². The highest BCUT2D eigenvalue weighted by Gasteiger charge is 2.15. The minimum atomic E-state index is -0.742. The molecular formula is C17H27NO2. The van der Waals surface area contributed by atoms with Gasteiger partial charge in [-0.1, -0.05) is 57.9 Å². The van der Waals surface area contributed by atoms with Gasteiger partial charge >= 0.3 is 5.97 Å². The van der Waals surface area contributed by atoms with Crippen molar-refractivity contribution in [1.29, 1.82) is 0 Å². The van der Waals surface area contributed by atoms with Gasteiger partial charge < -0.3 is 10.4 Å². The van der Waals surface area contributed by atoms with Crippen molar-refractivity contribution in [2.75, 3.05) is 6.54 Å². The Hall–Kier alpha value is -1.35. The minimum absolute atomic E-state index is 0.412. The Morgan fingerprint density at radius 3 is 2.40 bits per heavy atom. The van der Waals surface area contributed by atoms with Crippen molar-refractivity contribution in [2.45, 2.75) is 58.4 Å². The third-order valence-corrected chi connectivity index (χ3v) is 3.60. The van der Waals surface area contributed by atoms with Gasteiger partial charge in [-0.15, -0.1) is 0 Å². The fourth-order valence-electron chi connectivity index (χ4n) is 2.18. The zero-order chi connectivity index (χ0) is 15.0. The van der Waals surface area contributed by atoms with Gasteiger partial charge in [0.1, 0.15) is 6.04 Å². The smallest absolute Gasteiger partial charge is 0.320 e. The third-order valence-electron chi connectivity index (χ3n) is 3.60. The predicted molar refractivity (Wildman–Crippen MR) is 83.2 cm³/mol. The average Bonchev–Trinajstić information content (AvgIpc) is 2.42. The number of hydrogen-bond acceptors (Lipinski definition) is 2. The van der Waals surface area contributed by atoms with E-state index in [0.29, 0.717) is 18.9 Å². The zero-order valence-electron chi connectivity index (χ0n) is 12.9. The van der Waals surface area contributed by atoms with Gasteiger partial charge in [-0.25, -0.2) is 0 Å². The van der Waals surface area contributed by atoms with E-state index in [1.165, 1.54) is 11.1 Å². The van der Waals surface area contributed by atoms with Crippen molar-refractivity contribution < 1.29 is 9.90 Å². The van der Waals surface area contributed by atoms with Crippen LogP contribution < -0.4 is 5.32 Å². The van der Waals surface area contributed by atoms with Crippen molar-refractivity contribution >= 4 is 5.97 Å². The van der Waals surface area contributed by atoms with Crippen LogP contribution in [0.3, 0.4) is 0 Å². The fourth-order valence-corrected chi connectivity index (χ4v) is 2.18. The standard InChI is InChI=1S/C17H27NO2/c1-4-5-6-16(17(19)20)18-12-11-14-7-9-15(10-8-14)13(2)3/h7-10,13,16,18H,4-6,11-12H2,1-3H3,(H,19,20)/t16-/m0/s1. The van der Waals surface area contributed by atoms with Crippen LogP contribution >= 0.6 is 0 Å². The van der Waals surface area contributed by atoms with Gasteiger partial charge in [-0.3, -0.25) is 4.79 Å². The molecule has 0 saturated heterocycles. The number of unbranched alkanes of at least 4 members (excludes halogenated alkanes) is 1. The van der Waals surface area contributed by atoms with Crippen LogP contribution in [0.4, 0.5) is 0 Å². The van der Waals surface area contributed by atoms with Crippen LogP contribution in [0.1, 0.15) is 57.1 Å². The molecule has 1 atom stereocenters. The van der Waals surface area contributed by atoms with Crippen molar-refractivity contribution in [1.82, 2.24) is 5.32 Å². The zero-order valence-corrected chi connectivity index (χ0v) is 12.9. The predicted octanol–water partition coefficient (Wildman–Crippen LogP) is 3.59. The first-order valence-electron chi connectivity index (χ1n) is 7.59. The van der Waals surface area contributed by atoms with Crippen LogP contribution in [0.15, 0.2) is 24.3 Å². The third kappa shape index (κ3) is 5.74. The highest BCUT2D eigenvalue weighted by Crippen LogP contribution is 2.14. The number of carboxylic acid groups (broad SMARTS) is 1. The van der Waals surface area contributed by atoms with Crippen LogP contribution in [0.25, 0.3) is 0 Å². The lowest BCUT2D eigenvalue weighted by atomic mass is 10.0. The van der Waals surface area contributed by atoms with Gasteiger partial charge in [0.2, 0.25) is 0 Å². The maximum absolute atomic E-state index is 11.1. The molecule has 0 fully saturated rings. The van der Waals surface area contributed by atoms with E-state index in [4.69, 9.17) is 5.11 Å². The van der Waals surface area contributed by atoms with Crippen LogP contribution in [-0.4, -0.2) is 23.7 Å². The molecule has 20 heavy (non-hydrogen) atoms. The van der Waals surface area contributed by atoms with Crippen LogP contribution in [-0.2, 0) is 11.2 Å². The first kappa shape index (κ1) is 16.7. The monoisotopic (exact) mass is 277 g/mol. The molecule has 3 heteroatoms. The summed E-state index contributed by atoms with van der Waals surface area (Å²) in [5.74, 6) is -0.193. The molecule has 0 aliphatic heterocycles. The largest absolute Gasteiger partial charge is 0.480 e. The molecule has 1 aromatic carbocycles. The number of nitrogens with one attached hydrogen (secondary N) is 1. The second-order valence-corrected chi connectivity index (χ2v) is 5.63. The number of aliphatic carboxylic acids is 1. The van der Waals surface area contributed by atoms with Gasteiger partial charge in [0, 0.05) is 0 Å². The Labute approximate surface area is 122 Å². The summed E-state index contributed by atoms with van der Waals surface area (Å²) in [5.41, 5.74) is 2.59. The number of hydrogen-bond donors (Lipinski definition) is 2. The lowest BCUT2D eigenvalue weighted by Crippen LogP contribution is -2.37. The Morgan fingerprint density at radius 2 is 1.90 bits per heavy atom. The summed E-state index contributed by atoms with van der Waals surface area (Å²) >= 11 is 0. The Kier molecular flexibility index (Phi) is 7.31. The molecule has 0 amide bonds. The van der Waals surface area contributed by atoms with E-state index in [9.17, 15) is 4.79 Å². The molecule has 1 aromatic rings. The second-order valence-electron chi connectivity index (χ2n) is 5.63. The molecule has 2 N–H and O–H groups in total. The van der Waals surface area contributed by atoms with Crippen molar-refractivity contribution in [2.24, 2.45) is 0 Å². The van der Waals surface area contributed by atoms with E-state index in [0.717, 1.165) is 19.3 Å². The number of carboxylic acids is 1. The summed E-state index contributed by atoms with van der Waals surface area (Å²) < 4.78 is 0. The molecule has 112 valence electrons. The molecule has 0 radical (unpaired) electrons. The fraction of sp³-hybridized carbons (Fsp3) is 0.588. The van der Waals surface area contributed by atoms with E-state index < -0.39 is 12.0 Å². The van der Waals surface area contributed by atoms with E-state index in [1.807, 2.05) is 0 Å². The summed E-state index contributed by atoms with van der Waals surface area (Å²) in [6.45, 7) is 7.15. The van der Waals surface area contributed by atoms with Crippen molar-refractivity contribution in [3.63, 3.8) is 0 Å². The minimum Gasteiger partial charge on any atom is -0.480 e. The quantitative estimate of drug-likeness (QED) is 0.725. The van der Waals surface area contributed by atoms with Crippen LogP contribution in [0.5, 0.6) is 0 Å². The second kappa shape index (κ2) is 8.75. The van der Waals surface area contributed by atoms with Gasteiger partial charge in [0.05, 0.1) is 0 Å². The maximum Gasteiger partial charge on any atom is 0.320 e. The summed E-state index contributed by atoms with van der Waals surface area (Å²) in [6.07, 6.45) is 3.56. The molecule has 0 aromatic heterocycles. The molecule has 0 unspecified atom stereocenters. The van der Waals surface area contributed by atoms with E-state index in [-0.39, 0.29) is 0 Å². The highest BCUT2D eigenvalue weighted by molar-refractivity contribution is 5.73. The molecule has 0 saturated carbocycles. The highest BCUT2D eigenvalue weighted by atomic mass is 16.4. The summed E-state index contributed by atoms with van der Waals surface area (Å²) in [5, 5.41) is 12.3. The first-order valence-corrected chi connectivity index (χ1v) is 7.59. The van der Waals surface area contributed by atoms with Gasteiger partial charge in [0.15, 0.2) is 0 Å². The number of rotatable bonds is 9. The van der Waals surface area contributed by atoms with E-state index in [2.05, 4.69) is 50.4 Å². The summed E-state index contributed by atoms with van der Waals surface area (Å²) in [6, 6.07) is 8.18. The molecular weight excluding hydrogens is 250 g/mol. The molecule has 0 spiro atoms. The van der Waals surface area contributed by atoms with Crippen molar-refractivity contribution in [3.8, 4) is 0 Å². The average molecular weight is 277 g/mol. The van der Waals surface area contributed by atoms with Crippen LogP contribution in [0, 0.1) is 0 Å². The SMILES string of the molecule is CCCC[C@H](NCCc1ccc(C(C)C)cc1)C(=O)O. The van der Waals surface area contributed by atoms with Crippen molar-refractivity contribution in [3.05, 3.63) is 35.4 Å². The van der Waals surface area contributed by atoms with Gasteiger partial charge in [-0.2, -0.15) is 0 Å². The summed E-state index contributed by atoms with van der Waals surface area (Å²) in [4.78, 5) is 11.1. The topological polar surface area (TPSA) is 49.3 Å². The lowest BCUT2D eigenvalue weighted by molar-refractivity contribution is -0.139. The van der Waals surface area contributed by atoms with Gasteiger partial charge in [-0.05, 0) is 36.4 Å². The molecule has 3 nitrogen and oxygen atoms in total. The summed E-state index contributed by atoms with van der Waals surface area (Å²) in [7, 11) is 0. The molecule has 0 heterocycles. The van der Waals surface area contributed by atoms with Crippen LogP contribution in [0.2, 0.25) is 0 Å². The Balaban J connectivity index is 2.40. The van der Waals surface area contributed by atoms with E-state index in [1.54, 1.807) is 0 Å². The Bertz CT molecular complexity index is 398. The molecule has 1 rings (SSSR count). The normalized spacial score (nSPS) is 12.6. The number of carbonyl (C=O) groups is 1. The molecule has 0 aliphatic rings. The van der Waals surface area contributed by atoms with E-state index >= 15 is 0 Å². The Morgan fingerprint density at radius 1 is 1.25 bits per heavy atom. The first-order chi connectivity index (χ1) is 9.54. The molecule has 0 aliphatic carbocycles. The lowest BCUT2D eigenvalue weighted by Gasteiger charge is -2.14.